The number of piperazine rings is 1. The van der Waals surface area contributed by atoms with Crippen LogP contribution in [-0.2, 0) is 9.47 Å². The number of carbonyl (C=O) groups is 1. The lowest BCUT2D eigenvalue weighted by molar-refractivity contribution is 0.00337. The van der Waals surface area contributed by atoms with Crippen molar-refractivity contribution in [1.29, 1.82) is 0 Å². The third kappa shape index (κ3) is 5.73. The van der Waals surface area contributed by atoms with Gasteiger partial charge in [0.1, 0.15) is 17.2 Å². The molecular weight excluding hydrogens is 533 g/mol. The number of benzene rings is 1. The number of aryl methyl sites for hydroxylation is 1. The van der Waals surface area contributed by atoms with Gasteiger partial charge in [-0.15, -0.1) is 16.4 Å². The number of aromatic nitrogens is 4. The minimum Gasteiger partial charge on any atom is -0.444 e. The van der Waals surface area contributed by atoms with Gasteiger partial charge in [0.2, 0.25) is 0 Å². The van der Waals surface area contributed by atoms with Gasteiger partial charge in [-0.1, -0.05) is 0 Å². The Kier molecular flexibility index (Phi) is 7.65. The smallest absolute Gasteiger partial charge is 0.410 e. The number of hydrogen-bond acceptors (Lipinski definition) is 9. The lowest BCUT2D eigenvalue weighted by atomic mass is 10.1. The zero-order valence-corrected chi connectivity index (χ0v) is 24.4. The number of anilines is 3. The van der Waals surface area contributed by atoms with Crippen LogP contribution in [0.5, 0.6) is 0 Å². The fourth-order valence-corrected chi connectivity index (χ4v) is 5.60. The molecule has 212 valence electrons. The molecular formula is C28H34FN7O3S. The van der Waals surface area contributed by atoms with Crippen molar-refractivity contribution in [2.24, 2.45) is 0 Å². The van der Waals surface area contributed by atoms with Crippen molar-refractivity contribution in [2.45, 2.75) is 39.3 Å². The number of imidazole rings is 1. The van der Waals surface area contributed by atoms with Crippen molar-refractivity contribution in [3.05, 3.63) is 53.3 Å². The summed E-state index contributed by atoms with van der Waals surface area (Å²) in [6.45, 7) is 9.57. The second kappa shape index (κ2) is 11.0. The monoisotopic (exact) mass is 567 g/mol. The second-order valence-corrected chi connectivity index (χ2v) is 11.6. The molecule has 12 heteroatoms. The molecule has 1 aliphatic rings. The van der Waals surface area contributed by atoms with Gasteiger partial charge in [0.05, 0.1) is 24.0 Å². The van der Waals surface area contributed by atoms with E-state index in [0.717, 1.165) is 39.4 Å². The predicted octanol–water partition coefficient (Wildman–Crippen LogP) is 5.14. The van der Waals surface area contributed by atoms with Crippen LogP contribution in [-0.4, -0.2) is 82.6 Å². The molecule has 1 aromatic carbocycles. The minimum atomic E-state index is -0.572. The van der Waals surface area contributed by atoms with Crippen LogP contribution in [0.15, 0.2) is 41.8 Å². The predicted molar refractivity (Wildman–Crippen MR) is 154 cm³/mol. The summed E-state index contributed by atoms with van der Waals surface area (Å²) in [5.74, 6) is 1.30. The van der Waals surface area contributed by atoms with E-state index in [4.69, 9.17) is 24.5 Å². The van der Waals surface area contributed by atoms with Crippen LogP contribution in [0.3, 0.4) is 0 Å². The van der Waals surface area contributed by atoms with Crippen LogP contribution in [0.2, 0.25) is 0 Å². The van der Waals surface area contributed by atoms with Gasteiger partial charge in [-0.05, 0) is 64.1 Å². The maximum absolute atomic E-state index is 13.4. The van der Waals surface area contributed by atoms with E-state index in [2.05, 4.69) is 4.90 Å². The van der Waals surface area contributed by atoms with Gasteiger partial charge in [-0.3, -0.25) is 4.90 Å². The Labute approximate surface area is 237 Å². The van der Waals surface area contributed by atoms with Crippen molar-refractivity contribution in [2.75, 3.05) is 50.2 Å². The Hall–Kier alpha value is -3.77. The molecule has 0 bridgehead atoms. The van der Waals surface area contributed by atoms with Crippen LogP contribution in [0.4, 0.5) is 26.0 Å². The van der Waals surface area contributed by atoms with Gasteiger partial charge >= 0.3 is 6.09 Å². The lowest BCUT2D eigenvalue weighted by Gasteiger charge is -2.41. The van der Waals surface area contributed by atoms with Crippen LogP contribution < -0.4 is 9.80 Å². The second-order valence-electron chi connectivity index (χ2n) is 10.8. The Bertz CT molecular complexity index is 1500. The highest BCUT2D eigenvalue weighted by Crippen LogP contribution is 2.33. The van der Waals surface area contributed by atoms with E-state index in [1.54, 1.807) is 24.1 Å². The topological polar surface area (TPSA) is 88.3 Å². The van der Waals surface area contributed by atoms with Gasteiger partial charge in [0, 0.05) is 44.7 Å². The first-order chi connectivity index (χ1) is 19.0. The Balaban J connectivity index is 1.40. The summed E-state index contributed by atoms with van der Waals surface area (Å²) < 4.78 is 26.3. The van der Waals surface area contributed by atoms with E-state index < -0.39 is 5.60 Å². The third-order valence-corrected chi connectivity index (χ3v) is 7.55. The maximum atomic E-state index is 13.4. The largest absolute Gasteiger partial charge is 0.444 e. The molecule has 0 aliphatic carbocycles. The number of rotatable bonds is 6. The Morgan fingerprint density at radius 1 is 1.15 bits per heavy atom. The Morgan fingerprint density at radius 3 is 2.60 bits per heavy atom. The number of amides is 1. The van der Waals surface area contributed by atoms with Crippen molar-refractivity contribution >= 4 is 39.8 Å². The highest BCUT2D eigenvalue weighted by Gasteiger charge is 2.34. The number of ether oxygens (including phenoxy) is 2. The summed E-state index contributed by atoms with van der Waals surface area (Å²) in [6, 6.07) is 10.0. The molecule has 0 spiro atoms. The molecule has 4 heterocycles. The average molecular weight is 568 g/mol. The zero-order valence-electron chi connectivity index (χ0n) is 23.6. The summed E-state index contributed by atoms with van der Waals surface area (Å²) in [4.78, 5) is 28.2. The number of hydrogen-bond donors (Lipinski definition) is 0. The van der Waals surface area contributed by atoms with Gasteiger partial charge in [-0.2, -0.15) is 4.52 Å². The van der Waals surface area contributed by atoms with Crippen molar-refractivity contribution in [1.82, 2.24) is 24.5 Å². The molecule has 4 aromatic rings. The van der Waals surface area contributed by atoms with Crippen LogP contribution in [0.1, 0.15) is 26.5 Å². The summed E-state index contributed by atoms with van der Waals surface area (Å²) in [6.07, 6.45) is -0.338. The molecule has 3 aromatic heterocycles. The quantitative estimate of drug-likeness (QED) is 0.317. The van der Waals surface area contributed by atoms with Crippen LogP contribution in [0, 0.1) is 12.7 Å². The third-order valence-electron chi connectivity index (χ3n) is 6.64. The zero-order chi connectivity index (χ0) is 28.6. The first-order valence-electron chi connectivity index (χ1n) is 13.1. The lowest BCUT2D eigenvalue weighted by Crippen LogP contribution is -2.58. The van der Waals surface area contributed by atoms with E-state index in [-0.39, 0.29) is 18.0 Å². The molecule has 0 saturated carbocycles. The molecule has 1 saturated heterocycles. The minimum absolute atomic E-state index is 0.182. The highest BCUT2D eigenvalue weighted by atomic mass is 32.1. The number of carbonyl (C=O) groups excluding carboxylic acids is 1. The van der Waals surface area contributed by atoms with Gasteiger partial charge in [-0.25, -0.2) is 19.2 Å². The first kappa shape index (κ1) is 27.8. The van der Waals surface area contributed by atoms with E-state index in [0.29, 0.717) is 26.2 Å². The average Bonchev–Trinajstić information content (AvgIpc) is 3.52. The van der Waals surface area contributed by atoms with E-state index in [9.17, 15) is 9.18 Å². The van der Waals surface area contributed by atoms with Crippen LogP contribution >= 0.6 is 11.3 Å². The summed E-state index contributed by atoms with van der Waals surface area (Å²) >= 11 is 1.50. The number of methoxy groups -OCH3 is 1. The van der Waals surface area contributed by atoms with Crippen molar-refractivity contribution < 1.29 is 18.7 Å². The summed E-state index contributed by atoms with van der Waals surface area (Å²) in [7, 11) is 3.57. The molecule has 0 N–H and O–H groups in total. The van der Waals surface area contributed by atoms with E-state index >= 15 is 0 Å². The molecule has 1 fully saturated rings. The van der Waals surface area contributed by atoms with Gasteiger partial charge < -0.3 is 19.3 Å². The summed E-state index contributed by atoms with van der Waals surface area (Å²) in [5.41, 5.74) is 2.59. The number of halogens is 1. The fourth-order valence-electron chi connectivity index (χ4n) is 4.80. The standard InChI is InChI=1S/C28H34FN7O3S/c1-18-25(33(5)26-31-22(17-40-26)19-7-9-20(29)10-8-19)36-23(30-18)11-12-24(32-36)34-13-14-35(21(15-34)16-38-6)27(37)39-28(2,3)4/h7-12,17,21H,13-16H2,1-6H3. The molecule has 1 unspecified atom stereocenters. The molecule has 0 radical (unpaired) electrons. The van der Waals surface area contributed by atoms with Crippen LogP contribution in [0.25, 0.3) is 16.9 Å². The SMILES string of the molecule is COCC1CN(c2ccc3nc(C)c(N(C)c4nc(-c5ccc(F)cc5)cs4)n3n2)CCN1C(=O)OC(C)(C)C. The fraction of sp³-hybridized carbons (Fsp3) is 0.429. The van der Waals surface area contributed by atoms with E-state index in [1.807, 2.05) is 61.7 Å². The highest BCUT2D eigenvalue weighted by molar-refractivity contribution is 7.14. The van der Waals surface area contributed by atoms with Crippen molar-refractivity contribution in [3.8, 4) is 11.3 Å². The van der Waals surface area contributed by atoms with Gasteiger partial charge in [0.25, 0.3) is 0 Å². The Morgan fingerprint density at radius 2 is 1.90 bits per heavy atom. The number of thiazole rings is 1. The molecule has 5 rings (SSSR count). The first-order valence-corrected chi connectivity index (χ1v) is 14.0. The normalized spacial score (nSPS) is 16.0. The molecule has 40 heavy (non-hydrogen) atoms. The molecule has 1 aliphatic heterocycles. The molecule has 1 atom stereocenters. The summed E-state index contributed by atoms with van der Waals surface area (Å²) in [5, 5.41) is 7.68. The molecule has 10 nitrogen and oxygen atoms in total. The molecule has 1 amide bonds. The van der Waals surface area contributed by atoms with Crippen molar-refractivity contribution in [3.63, 3.8) is 0 Å². The van der Waals surface area contributed by atoms with E-state index in [1.165, 1.54) is 23.5 Å². The van der Waals surface area contributed by atoms with Gasteiger partial charge in [0.15, 0.2) is 16.6 Å². The number of nitrogens with zero attached hydrogens (tertiary/aromatic N) is 7. The maximum Gasteiger partial charge on any atom is 0.410 e. The number of fused-ring (bicyclic) bond motifs is 1.